The van der Waals surface area contributed by atoms with Gasteiger partial charge in [0, 0.05) is 30.5 Å². The molecule has 1 heterocycles. The summed E-state index contributed by atoms with van der Waals surface area (Å²) in [6.45, 7) is 2.12. The fourth-order valence-corrected chi connectivity index (χ4v) is 4.76. The maximum atomic E-state index is 13.8. The Labute approximate surface area is 230 Å². The highest BCUT2D eigenvalue weighted by atomic mass is 16.6. The Morgan fingerprint density at radius 3 is 1.73 bits per heavy atom. The lowest BCUT2D eigenvalue weighted by Crippen LogP contribution is -2.62. The van der Waals surface area contributed by atoms with Crippen molar-refractivity contribution < 1.29 is 38.1 Å². The maximum Gasteiger partial charge on any atom is 0.409 e. The molecule has 1 N–H and O–H groups in total. The van der Waals surface area contributed by atoms with E-state index in [-0.39, 0.29) is 6.61 Å². The highest BCUT2D eigenvalue weighted by molar-refractivity contribution is 5.71. The van der Waals surface area contributed by atoms with Crippen LogP contribution in [0.3, 0.4) is 0 Å². The van der Waals surface area contributed by atoms with Crippen molar-refractivity contribution in [3.05, 3.63) is 108 Å². The number of nitrogens with one attached hydrogen (secondary N) is 1. The van der Waals surface area contributed by atoms with E-state index in [1.807, 2.05) is 91.0 Å². The molecular formula is C30H28N2O8. The van der Waals surface area contributed by atoms with E-state index in [1.165, 1.54) is 19.9 Å². The van der Waals surface area contributed by atoms with Gasteiger partial charge in [-0.3, -0.25) is 9.59 Å². The summed E-state index contributed by atoms with van der Waals surface area (Å²) in [4.78, 5) is 52.3. The zero-order valence-electron chi connectivity index (χ0n) is 21.9. The largest absolute Gasteiger partial charge is 0.456 e. The molecule has 1 saturated heterocycles. The highest BCUT2D eigenvalue weighted by Gasteiger charge is 2.47. The van der Waals surface area contributed by atoms with E-state index in [0.717, 1.165) is 0 Å². The van der Waals surface area contributed by atoms with Crippen LogP contribution in [0.4, 0.5) is 4.79 Å². The summed E-state index contributed by atoms with van der Waals surface area (Å²) in [5.41, 5.74) is 0.594. The van der Waals surface area contributed by atoms with Crippen LogP contribution in [0.25, 0.3) is 0 Å². The standard InChI is InChI=1S/C30H28N2O8/c1-20(34)38-25-18-37-28(31-19-33)26(27(25)39-21(2)35)32-29(36)40-30(22-12-6-3-7-13-22,23-14-8-4-9-15-23)24-16-10-5-11-17-24/h3-17,25-28H,18H2,1-2H3,(H,32,36)/t25-,26-,27+,28-/m1/s1. The first kappa shape index (κ1) is 28.2. The second-order valence-corrected chi connectivity index (χ2v) is 9.01. The van der Waals surface area contributed by atoms with Gasteiger partial charge in [0.15, 0.2) is 24.0 Å². The van der Waals surface area contributed by atoms with Crippen LogP contribution in [0.2, 0.25) is 0 Å². The normalized spacial score (nSPS) is 20.4. The molecule has 3 aromatic rings. The van der Waals surface area contributed by atoms with Crippen molar-refractivity contribution in [3.63, 3.8) is 0 Å². The molecule has 1 aliphatic heterocycles. The third-order valence-electron chi connectivity index (χ3n) is 6.33. The second kappa shape index (κ2) is 12.8. The average molecular weight is 545 g/mol. The molecule has 0 radical (unpaired) electrons. The molecule has 206 valence electrons. The second-order valence-electron chi connectivity index (χ2n) is 9.01. The van der Waals surface area contributed by atoms with Crippen LogP contribution >= 0.6 is 0 Å². The van der Waals surface area contributed by atoms with Crippen molar-refractivity contribution in [2.75, 3.05) is 6.61 Å². The Bertz CT molecular complexity index is 1260. The fraction of sp³-hybridized carbons (Fsp3) is 0.267. The molecule has 3 aromatic carbocycles. The van der Waals surface area contributed by atoms with Gasteiger partial charge in [0.2, 0.25) is 6.08 Å². The number of benzene rings is 3. The van der Waals surface area contributed by atoms with E-state index in [4.69, 9.17) is 18.9 Å². The minimum atomic E-state index is -1.40. The van der Waals surface area contributed by atoms with E-state index >= 15 is 0 Å². The van der Waals surface area contributed by atoms with Gasteiger partial charge in [-0.05, 0) is 0 Å². The number of ether oxygens (including phenoxy) is 4. The SMILES string of the molecule is CC(=O)O[C@@H]1[C@@H](NC(=O)OC(c2ccccc2)(c2ccccc2)c2ccccc2)[C@H](N=C=O)OC[C@H]1OC(C)=O. The van der Waals surface area contributed by atoms with Crippen molar-refractivity contribution in [3.8, 4) is 0 Å². The van der Waals surface area contributed by atoms with Gasteiger partial charge in [-0.25, -0.2) is 9.59 Å². The van der Waals surface area contributed by atoms with Gasteiger partial charge >= 0.3 is 18.0 Å². The zero-order chi connectivity index (χ0) is 28.5. The molecule has 4 atom stereocenters. The summed E-state index contributed by atoms with van der Waals surface area (Å²) in [5, 5.41) is 2.65. The first-order valence-electron chi connectivity index (χ1n) is 12.5. The number of nitrogens with zero attached hydrogens (tertiary/aromatic N) is 1. The number of amides is 1. The van der Waals surface area contributed by atoms with Gasteiger partial charge < -0.3 is 24.3 Å². The van der Waals surface area contributed by atoms with Crippen molar-refractivity contribution >= 4 is 24.1 Å². The van der Waals surface area contributed by atoms with Crippen molar-refractivity contribution in [2.45, 2.75) is 43.9 Å². The summed E-state index contributed by atoms with van der Waals surface area (Å²) in [6, 6.07) is 26.4. The van der Waals surface area contributed by atoms with Crippen molar-refractivity contribution in [1.29, 1.82) is 0 Å². The van der Waals surface area contributed by atoms with E-state index in [9.17, 15) is 19.2 Å². The Kier molecular flexibility index (Phi) is 9.06. The smallest absolute Gasteiger partial charge is 0.409 e. The first-order valence-corrected chi connectivity index (χ1v) is 12.5. The molecule has 4 rings (SSSR count). The summed E-state index contributed by atoms with van der Waals surface area (Å²) < 4.78 is 22.6. The molecule has 0 aliphatic carbocycles. The molecule has 1 aliphatic rings. The molecule has 40 heavy (non-hydrogen) atoms. The van der Waals surface area contributed by atoms with E-state index in [0.29, 0.717) is 16.7 Å². The van der Waals surface area contributed by atoms with Gasteiger partial charge in [0.05, 0.1) is 6.61 Å². The lowest BCUT2D eigenvalue weighted by atomic mass is 9.80. The number of alkyl carbamates (subject to hydrolysis) is 1. The van der Waals surface area contributed by atoms with Crippen LogP contribution in [0.5, 0.6) is 0 Å². The number of aliphatic imine (C=N–C) groups is 1. The molecular weight excluding hydrogens is 516 g/mol. The molecule has 0 unspecified atom stereocenters. The Balaban J connectivity index is 1.77. The third-order valence-corrected chi connectivity index (χ3v) is 6.33. The van der Waals surface area contributed by atoms with Crippen LogP contribution in [0, 0.1) is 0 Å². The highest BCUT2D eigenvalue weighted by Crippen LogP contribution is 2.40. The van der Waals surface area contributed by atoms with Crippen molar-refractivity contribution in [1.82, 2.24) is 5.32 Å². The molecule has 1 amide bonds. The van der Waals surface area contributed by atoms with Crippen LogP contribution < -0.4 is 5.32 Å². The molecule has 10 heteroatoms. The number of carbonyl (C=O) groups excluding carboxylic acids is 4. The number of hydrogen-bond acceptors (Lipinski definition) is 9. The average Bonchev–Trinajstić information content (AvgIpc) is 2.96. The van der Waals surface area contributed by atoms with E-state index in [2.05, 4.69) is 10.3 Å². The molecule has 0 bridgehead atoms. The lowest BCUT2D eigenvalue weighted by molar-refractivity contribution is -0.193. The topological polar surface area (TPSA) is 130 Å². The molecule has 0 saturated carbocycles. The fourth-order valence-electron chi connectivity index (χ4n) is 4.76. The van der Waals surface area contributed by atoms with Crippen LogP contribution in [-0.4, -0.2) is 55.2 Å². The predicted octanol–water partition coefficient (Wildman–Crippen LogP) is 3.63. The summed E-state index contributed by atoms with van der Waals surface area (Å²) >= 11 is 0. The van der Waals surface area contributed by atoms with Crippen molar-refractivity contribution in [2.24, 2.45) is 4.99 Å². The number of hydrogen-bond donors (Lipinski definition) is 1. The minimum Gasteiger partial charge on any atom is -0.456 e. The molecule has 0 aromatic heterocycles. The van der Waals surface area contributed by atoms with Gasteiger partial charge in [0.25, 0.3) is 0 Å². The summed E-state index contributed by atoms with van der Waals surface area (Å²) in [7, 11) is 0. The van der Waals surface area contributed by atoms with E-state index in [1.54, 1.807) is 0 Å². The van der Waals surface area contributed by atoms with Gasteiger partial charge in [-0.1, -0.05) is 91.0 Å². The molecule has 10 nitrogen and oxygen atoms in total. The maximum absolute atomic E-state index is 13.8. The Morgan fingerprint density at radius 1 is 0.825 bits per heavy atom. The summed E-state index contributed by atoms with van der Waals surface area (Å²) in [6.07, 6.45) is -3.13. The first-order chi connectivity index (χ1) is 19.3. The quantitative estimate of drug-likeness (QED) is 0.150. The van der Waals surface area contributed by atoms with Crippen LogP contribution in [-0.2, 0) is 38.9 Å². The lowest BCUT2D eigenvalue weighted by Gasteiger charge is -2.40. The van der Waals surface area contributed by atoms with E-state index < -0.39 is 48.1 Å². The number of esters is 2. The number of rotatable bonds is 8. The van der Waals surface area contributed by atoms with Gasteiger partial charge in [-0.15, -0.1) is 0 Å². The Morgan fingerprint density at radius 2 is 1.30 bits per heavy atom. The zero-order valence-corrected chi connectivity index (χ0v) is 21.9. The minimum absolute atomic E-state index is 0.234. The molecule has 0 spiro atoms. The van der Waals surface area contributed by atoms with Gasteiger partial charge in [-0.2, -0.15) is 4.99 Å². The van der Waals surface area contributed by atoms with Gasteiger partial charge in [0.1, 0.15) is 6.04 Å². The number of carbonyl (C=O) groups is 3. The number of isocyanates is 1. The third kappa shape index (κ3) is 6.26. The van der Waals surface area contributed by atoms with Crippen LogP contribution in [0.15, 0.2) is 96.0 Å². The Hall–Kier alpha value is -4.79. The monoisotopic (exact) mass is 544 g/mol. The van der Waals surface area contributed by atoms with Crippen LogP contribution in [0.1, 0.15) is 30.5 Å². The summed E-state index contributed by atoms with van der Waals surface area (Å²) in [5.74, 6) is -1.36. The molecule has 1 fully saturated rings. The predicted molar refractivity (Wildman–Crippen MR) is 142 cm³/mol.